The molecule has 4 rings (SSSR count). The van der Waals surface area contributed by atoms with Crippen molar-refractivity contribution in [3.63, 3.8) is 0 Å². The lowest BCUT2D eigenvalue weighted by molar-refractivity contribution is -0.171. The summed E-state index contributed by atoms with van der Waals surface area (Å²) in [7, 11) is 4.80. The van der Waals surface area contributed by atoms with Gasteiger partial charge in [0.25, 0.3) is 0 Å². The van der Waals surface area contributed by atoms with Gasteiger partial charge in [0.1, 0.15) is 16.7 Å². The normalized spacial score (nSPS) is 15.9. The van der Waals surface area contributed by atoms with Gasteiger partial charge in [0.05, 0.1) is 12.7 Å². The standard InChI is InChI=1S/C25H29ClF3N3O3.C4H9N.C2H6/c1-31(24(34)22(25(27,28)29)18-6-3-7-20(15-18)35-2)12-4-5-17-10-13-32(14-11-17)21-9-8-19(16-33)23(26)30-21;1-5-4-2-3-4;1-2/h3,6-9,15-17,22H,4-5,10-14H2,1-2H3;4-5H,2-3H2,1H3;1-2H3. The Kier molecular flexibility index (Phi) is 14.6. The van der Waals surface area contributed by atoms with Crippen LogP contribution in [0, 0.1) is 5.92 Å². The summed E-state index contributed by atoms with van der Waals surface area (Å²) >= 11 is 6.03. The molecule has 2 heterocycles. The van der Waals surface area contributed by atoms with Crippen LogP contribution in [0.5, 0.6) is 5.75 Å². The lowest BCUT2D eigenvalue weighted by Gasteiger charge is -2.33. The second kappa shape index (κ2) is 17.3. The molecule has 1 unspecified atom stereocenters. The van der Waals surface area contributed by atoms with Crippen molar-refractivity contribution < 1.29 is 27.5 Å². The van der Waals surface area contributed by atoms with E-state index in [0.29, 0.717) is 24.2 Å². The maximum absolute atomic E-state index is 13.8. The lowest BCUT2D eigenvalue weighted by atomic mass is 9.92. The molecule has 1 saturated heterocycles. The second-order valence-electron chi connectivity index (χ2n) is 10.3. The van der Waals surface area contributed by atoms with E-state index in [4.69, 9.17) is 16.3 Å². The van der Waals surface area contributed by atoms with Crippen molar-refractivity contribution in [1.29, 1.82) is 0 Å². The van der Waals surface area contributed by atoms with Gasteiger partial charge >= 0.3 is 6.18 Å². The van der Waals surface area contributed by atoms with E-state index >= 15 is 0 Å². The smallest absolute Gasteiger partial charge is 0.404 e. The molecule has 1 aromatic carbocycles. The van der Waals surface area contributed by atoms with Crippen LogP contribution in [0.1, 0.15) is 74.2 Å². The number of aromatic nitrogens is 1. The van der Waals surface area contributed by atoms with Crippen molar-refractivity contribution in [3.8, 4) is 5.75 Å². The summed E-state index contributed by atoms with van der Waals surface area (Å²) in [6.07, 6.45) is 2.01. The van der Waals surface area contributed by atoms with Gasteiger partial charge in [0.15, 0.2) is 12.2 Å². The van der Waals surface area contributed by atoms with Crippen LogP contribution < -0.4 is 15.0 Å². The van der Waals surface area contributed by atoms with Gasteiger partial charge in [0.2, 0.25) is 5.91 Å². The number of aldehydes is 1. The number of alkyl halides is 3. The number of pyridine rings is 1. The van der Waals surface area contributed by atoms with Crippen LogP contribution in [0.25, 0.3) is 0 Å². The Labute approximate surface area is 252 Å². The molecule has 1 aromatic heterocycles. The third kappa shape index (κ3) is 10.8. The average Bonchev–Trinajstić information content (AvgIpc) is 3.83. The van der Waals surface area contributed by atoms with Crippen LogP contribution in [-0.4, -0.2) is 75.1 Å². The largest absolute Gasteiger partial charge is 0.497 e. The molecule has 234 valence electrons. The quantitative estimate of drug-likeness (QED) is 0.236. The summed E-state index contributed by atoms with van der Waals surface area (Å²) in [5.41, 5.74) is 0.221. The highest BCUT2D eigenvalue weighted by molar-refractivity contribution is 6.31. The molecule has 1 N–H and O–H groups in total. The number of hydrogen-bond donors (Lipinski definition) is 1. The van der Waals surface area contributed by atoms with Crippen LogP contribution in [0.15, 0.2) is 36.4 Å². The first-order chi connectivity index (χ1) is 20.1. The molecule has 2 aliphatic rings. The predicted molar refractivity (Wildman–Crippen MR) is 162 cm³/mol. The molecule has 1 aliphatic heterocycles. The van der Waals surface area contributed by atoms with E-state index in [2.05, 4.69) is 15.2 Å². The topological polar surface area (TPSA) is 74.8 Å². The highest BCUT2D eigenvalue weighted by atomic mass is 35.5. The minimum Gasteiger partial charge on any atom is -0.497 e. The summed E-state index contributed by atoms with van der Waals surface area (Å²) in [5.74, 6) is -1.79. The number of likely N-dealkylation sites (N-methyl/N-ethyl adjacent to an activating group) is 1. The maximum atomic E-state index is 13.8. The Hall–Kier alpha value is -2.85. The maximum Gasteiger partial charge on any atom is 0.404 e. The number of carbonyl (C=O) groups excluding carboxylic acids is 2. The predicted octanol–water partition coefficient (Wildman–Crippen LogP) is 6.75. The van der Waals surface area contributed by atoms with E-state index in [1.807, 2.05) is 20.9 Å². The Morgan fingerprint density at radius 1 is 1.19 bits per heavy atom. The van der Waals surface area contributed by atoms with E-state index in [1.165, 1.54) is 50.1 Å². The number of methoxy groups -OCH3 is 1. The summed E-state index contributed by atoms with van der Waals surface area (Å²) in [5, 5.41) is 3.32. The molecule has 11 heteroatoms. The van der Waals surface area contributed by atoms with Crippen molar-refractivity contribution in [2.24, 2.45) is 5.92 Å². The number of piperidine rings is 1. The van der Waals surface area contributed by atoms with Crippen molar-refractivity contribution in [2.45, 2.75) is 70.5 Å². The number of hydrogen-bond acceptors (Lipinski definition) is 6. The van der Waals surface area contributed by atoms with Crippen molar-refractivity contribution in [1.82, 2.24) is 15.2 Å². The molecule has 1 saturated carbocycles. The fourth-order valence-electron chi connectivity index (χ4n) is 4.76. The molecule has 42 heavy (non-hydrogen) atoms. The molecule has 2 fully saturated rings. The van der Waals surface area contributed by atoms with E-state index in [9.17, 15) is 22.8 Å². The molecule has 7 nitrogen and oxygen atoms in total. The third-order valence-electron chi connectivity index (χ3n) is 7.40. The number of anilines is 1. The molecule has 2 aromatic rings. The fourth-order valence-corrected chi connectivity index (χ4v) is 4.96. The van der Waals surface area contributed by atoms with Crippen LogP contribution >= 0.6 is 11.6 Å². The van der Waals surface area contributed by atoms with Crippen LogP contribution in [0.4, 0.5) is 19.0 Å². The molecule has 1 atom stereocenters. The average molecular weight is 613 g/mol. The van der Waals surface area contributed by atoms with E-state index < -0.39 is 18.0 Å². The summed E-state index contributed by atoms with van der Waals surface area (Å²) in [6, 6.07) is 9.86. The number of benzene rings is 1. The Morgan fingerprint density at radius 3 is 2.36 bits per heavy atom. The zero-order chi connectivity index (χ0) is 31.3. The lowest BCUT2D eigenvalue weighted by Crippen LogP contribution is -2.39. The zero-order valence-electron chi connectivity index (χ0n) is 25.2. The first-order valence-electron chi connectivity index (χ1n) is 14.6. The molecular formula is C31H44ClF3N4O3. The van der Waals surface area contributed by atoms with Crippen LogP contribution in [-0.2, 0) is 4.79 Å². The van der Waals surface area contributed by atoms with Gasteiger partial charge in [-0.1, -0.05) is 37.6 Å². The minimum atomic E-state index is -4.70. The SMILES string of the molecule is CC.CNC1CC1.COc1cccc(C(C(=O)N(C)CCCC2CCN(c3ccc(C=O)c(Cl)n3)CC2)C(F)(F)F)c1. The van der Waals surface area contributed by atoms with Crippen molar-refractivity contribution in [3.05, 3.63) is 52.7 Å². The van der Waals surface area contributed by atoms with Gasteiger partial charge in [0, 0.05) is 32.7 Å². The second-order valence-corrected chi connectivity index (χ2v) is 10.7. The van der Waals surface area contributed by atoms with E-state index in [1.54, 1.807) is 18.2 Å². The molecule has 0 radical (unpaired) electrons. The summed E-state index contributed by atoms with van der Waals surface area (Å²) < 4.78 is 46.4. The summed E-state index contributed by atoms with van der Waals surface area (Å²) in [6.45, 7) is 5.80. The molecule has 0 spiro atoms. The number of nitrogens with zero attached hydrogens (tertiary/aromatic N) is 3. The Bertz CT molecular complexity index is 1120. The Balaban J connectivity index is 0.000000781. The highest BCUT2D eigenvalue weighted by Crippen LogP contribution is 2.37. The fraction of sp³-hybridized carbons (Fsp3) is 0.581. The number of ether oxygens (including phenoxy) is 1. The zero-order valence-corrected chi connectivity index (χ0v) is 26.0. The number of carbonyl (C=O) groups is 2. The van der Waals surface area contributed by atoms with E-state index in [-0.39, 0.29) is 23.0 Å². The first-order valence-corrected chi connectivity index (χ1v) is 14.9. The first kappa shape index (κ1) is 35.3. The van der Waals surface area contributed by atoms with Crippen molar-refractivity contribution in [2.75, 3.05) is 45.7 Å². The minimum absolute atomic E-state index is 0.129. The third-order valence-corrected chi connectivity index (χ3v) is 7.70. The monoisotopic (exact) mass is 612 g/mol. The van der Waals surface area contributed by atoms with Gasteiger partial charge in [-0.15, -0.1) is 0 Å². The van der Waals surface area contributed by atoms with Gasteiger partial charge in [-0.3, -0.25) is 9.59 Å². The number of halogens is 4. The van der Waals surface area contributed by atoms with Gasteiger partial charge < -0.3 is 19.9 Å². The summed E-state index contributed by atoms with van der Waals surface area (Å²) in [4.78, 5) is 31.2. The molecular weight excluding hydrogens is 569 g/mol. The Morgan fingerprint density at radius 2 is 1.86 bits per heavy atom. The molecule has 1 aliphatic carbocycles. The number of nitrogens with one attached hydrogen (secondary N) is 1. The van der Waals surface area contributed by atoms with Crippen LogP contribution in [0.3, 0.4) is 0 Å². The van der Waals surface area contributed by atoms with Crippen molar-refractivity contribution >= 4 is 29.6 Å². The van der Waals surface area contributed by atoms with Gasteiger partial charge in [-0.25, -0.2) is 4.98 Å². The van der Waals surface area contributed by atoms with Gasteiger partial charge in [-0.05, 0) is 81.3 Å². The highest BCUT2D eigenvalue weighted by Gasteiger charge is 2.47. The number of rotatable bonds is 10. The number of amides is 1. The van der Waals surface area contributed by atoms with Gasteiger partial charge in [-0.2, -0.15) is 13.2 Å². The van der Waals surface area contributed by atoms with E-state index in [0.717, 1.165) is 44.2 Å². The molecule has 1 amide bonds. The van der Waals surface area contributed by atoms with Crippen LogP contribution in [0.2, 0.25) is 5.15 Å². The molecule has 0 bridgehead atoms.